The Morgan fingerprint density at radius 1 is 1.45 bits per heavy atom. The summed E-state index contributed by atoms with van der Waals surface area (Å²) >= 11 is 1.01. The Hall–Kier alpha value is -2.33. The average Bonchev–Trinajstić information content (AvgIpc) is 2.83. The lowest BCUT2D eigenvalue weighted by Gasteiger charge is -2.20. The summed E-state index contributed by atoms with van der Waals surface area (Å²) in [5.41, 5.74) is 0.672. The molecule has 0 aliphatic carbocycles. The Labute approximate surface area is 132 Å². The highest BCUT2D eigenvalue weighted by Gasteiger charge is 2.54. The van der Waals surface area contributed by atoms with Gasteiger partial charge in [-0.15, -0.1) is 0 Å². The molecule has 2 rings (SSSR count). The molecule has 0 aromatic heterocycles. The number of aliphatic imine (C=N–C) groups is 1. The van der Waals surface area contributed by atoms with Crippen LogP contribution < -0.4 is 5.32 Å². The fourth-order valence-electron chi connectivity index (χ4n) is 1.99. The summed E-state index contributed by atoms with van der Waals surface area (Å²) in [6.45, 7) is 1.85. The van der Waals surface area contributed by atoms with Gasteiger partial charge in [-0.05, 0) is 25.5 Å². The van der Waals surface area contributed by atoms with Crippen molar-refractivity contribution in [3.05, 3.63) is 30.3 Å². The van der Waals surface area contributed by atoms with Crippen LogP contribution in [0.5, 0.6) is 0 Å². The van der Waals surface area contributed by atoms with Crippen molar-refractivity contribution in [1.82, 2.24) is 5.32 Å². The van der Waals surface area contributed by atoms with E-state index in [9.17, 15) is 9.59 Å². The number of nitrogens with one attached hydrogen (secondary N) is 1. The summed E-state index contributed by atoms with van der Waals surface area (Å²) < 4.78 is 3.58. The number of carbonyl (C=O) groups is 2. The second-order valence-corrected chi connectivity index (χ2v) is 5.80. The molecule has 0 radical (unpaired) electrons. The lowest BCUT2D eigenvalue weighted by molar-refractivity contribution is -0.149. The first-order valence-electron chi connectivity index (χ1n) is 6.81. The third-order valence-corrected chi connectivity index (χ3v) is 4.33. The van der Waals surface area contributed by atoms with Crippen LogP contribution in [0.3, 0.4) is 0 Å². The van der Waals surface area contributed by atoms with Crippen LogP contribution in [-0.4, -0.2) is 28.4 Å². The zero-order valence-electron chi connectivity index (χ0n) is 12.0. The highest BCUT2D eigenvalue weighted by molar-refractivity contribution is 8.17. The molecule has 1 atom stereocenters. The van der Waals surface area contributed by atoms with Crippen LogP contribution in [0.1, 0.15) is 19.8 Å². The number of rotatable bonds is 5. The molecular formula is C15H15N3O3S. The summed E-state index contributed by atoms with van der Waals surface area (Å²) in [6, 6.07) is 11.1. The zero-order chi connectivity index (χ0) is 16.0. The van der Waals surface area contributed by atoms with Gasteiger partial charge in [0, 0.05) is 6.42 Å². The minimum atomic E-state index is -1.43. The number of hydrogen-bond acceptors (Lipinski definition) is 6. The molecule has 6 nitrogen and oxygen atoms in total. The van der Waals surface area contributed by atoms with E-state index in [1.54, 1.807) is 19.1 Å². The lowest BCUT2D eigenvalue weighted by atomic mass is 10.0. The van der Waals surface area contributed by atoms with Crippen molar-refractivity contribution in [2.24, 2.45) is 4.99 Å². The van der Waals surface area contributed by atoms with E-state index < -0.39 is 16.6 Å². The molecule has 22 heavy (non-hydrogen) atoms. The first kappa shape index (κ1) is 16.0. The topological polar surface area (TPSA) is 91.6 Å². The molecule has 1 aliphatic heterocycles. The second-order valence-electron chi connectivity index (χ2n) is 4.51. The molecule has 1 fully saturated rings. The lowest BCUT2D eigenvalue weighted by Crippen LogP contribution is -2.45. The quantitative estimate of drug-likeness (QED) is 0.663. The van der Waals surface area contributed by atoms with Crippen molar-refractivity contribution < 1.29 is 14.3 Å². The Morgan fingerprint density at radius 3 is 2.82 bits per heavy atom. The minimum Gasteiger partial charge on any atom is -0.465 e. The van der Waals surface area contributed by atoms with E-state index in [1.165, 1.54) is 0 Å². The van der Waals surface area contributed by atoms with Gasteiger partial charge in [0.15, 0.2) is 9.91 Å². The first-order valence-corrected chi connectivity index (χ1v) is 7.62. The number of benzene rings is 1. The van der Waals surface area contributed by atoms with E-state index in [-0.39, 0.29) is 19.4 Å². The number of para-hydroxylation sites is 1. The van der Waals surface area contributed by atoms with Crippen molar-refractivity contribution in [1.29, 1.82) is 5.26 Å². The summed E-state index contributed by atoms with van der Waals surface area (Å²) in [4.78, 5) is 28.8. The van der Waals surface area contributed by atoms with Gasteiger partial charge in [0.2, 0.25) is 0 Å². The van der Waals surface area contributed by atoms with E-state index in [1.807, 2.05) is 24.3 Å². The van der Waals surface area contributed by atoms with Crippen LogP contribution in [0, 0.1) is 11.3 Å². The molecule has 0 spiro atoms. The number of nitrogens with zero attached hydrogens (tertiary/aromatic N) is 2. The maximum Gasteiger partial charge on any atom is 0.332 e. The molecule has 1 unspecified atom stereocenters. The number of amidine groups is 1. The molecule has 1 aromatic carbocycles. The van der Waals surface area contributed by atoms with Crippen molar-refractivity contribution in [3.63, 3.8) is 0 Å². The highest BCUT2D eigenvalue weighted by atomic mass is 32.2. The third-order valence-electron chi connectivity index (χ3n) is 3.04. The number of ether oxygens (including phenoxy) is 1. The SMILES string of the molecule is CCOC(=O)C1(CCC#N)SC(=Nc2ccccc2)NC1=O. The summed E-state index contributed by atoms with van der Waals surface area (Å²) in [6.07, 6.45) is 0.171. The Morgan fingerprint density at radius 2 is 2.18 bits per heavy atom. The smallest absolute Gasteiger partial charge is 0.332 e. The van der Waals surface area contributed by atoms with Crippen molar-refractivity contribution >= 4 is 34.5 Å². The van der Waals surface area contributed by atoms with Gasteiger partial charge in [-0.3, -0.25) is 4.79 Å². The van der Waals surface area contributed by atoms with Gasteiger partial charge in [-0.25, -0.2) is 9.79 Å². The summed E-state index contributed by atoms with van der Waals surface area (Å²) in [5.74, 6) is -1.12. The number of nitriles is 1. The van der Waals surface area contributed by atoms with E-state index in [2.05, 4.69) is 10.3 Å². The predicted octanol–water partition coefficient (Wildman–Crippen LogP) is 2.14. The Bertz CT molecular complexity index is 639. The van der Waals surface area contributed by atoms with Gasteiger partial charge in [-0.1, -0.05) is 30.0 Å². The monoisotopic (exact) mass is 317 g/mol. The first-order chi connectivity index (χ1) is 10.6. The number of amides is 1. The summed E-state index contributed by atoms with van der Waals surface area (Å²) in [7, 11) is 0. The largest absolute Gasteiger partial charge is 0.465 e. The Kier molecular flexibility index (Phi) is 5.17. The molecule has 0 bridgehead atoms. The molecule has 1 amide bonds. The van der Waals surface area contributed by atoms with E-state index >= 15 is 0 Å². The van der Waals surface area contributed by atoms with E-state index in [0.29, 0.717) is 10.9 Å². The van der Waals surface area contributed by atoms with E-state index in [4.69, 9.17) is 10.00 Å². The Balaban J connectivity index is 2.28. The number of hydrogen-bond donors (Lipinski definition) is 1. The molecule has 1 aromatic rings. The van der Waals surface area contributed by atoms with Gasteiger partial charge >= 0.3 is 5.97 Å². The standard InChI is InChI=1S/C15H15N3O3S/c1-2-21-13(20)15(9-6-10-16)12(19)18-14(22-15)17-11-7-4-3-5-8-11/h3-5,7-8H,2,6,9H2,1H3,(H,17,18,19). The fraction of sp³-hybridized carbons (Fsp3) is 0.333. The van der Waals surface area contributed by atoms with Crippen LogP contribution in [0.4, 0.5) is 5.69 Å². The maximum absolute atomic E-state index is 12.3. The van der Waals surface area contributed by atoms with E-state index in [0.717, 1.165) is 11.8 Å². The average molecular weight is 317 g/mol. The van der Waals surface area contributed by atoms with Gasteiger partial charge in [0.05, 0.1) is 18.4 Å². The van der Waals surface area contributed by atoms with Crippen LogP contribution >= 0.6 is 11.8 Å². The minimum absolute atomic E-state index is 0.0812. The van der Waals surface area contributed by atoms with Crippen molar-refractivity contribution in [2.75, 3.05) is 6.61 Å². The van der Waals surface area contributed by atoms with Crippen LogP contribution in [0.15, 0.2) is 35.3 Å². The van der Waals surface area contributed by atoms with Crippen molar-refractivity contribution in [3.8, 4) is 6.07 Å². The van der Waals surface area contributed by atoms with Gasteiger partial charge in [-0.2, -0.15) is 5.26 Å². The van der Waals surface area contributed by atoms with Gasteiger partial charge < -0.3 is 10.1 Å². The molecule has 1 heterocycles. The number of thioether (sulfide) groups is 1. The molecule has 0 saturated carbocycles. The highest BCUT2D eigenvalue weighted by Crippen LogP contribution is 2.38. The summed E-state index contributed by atoms with van der Waals surface area (Å²) in [5, 5.41) is 11.7. The zero-order valence-corrected chi connectivity index (χ0v) is 12.9. The second kappa shape index (κ2) is 7.09. The normalized spacial score (nSPS) is 22.2. The van der Waals surface area contributed by atoms with Gasteiger partial charge in [0.1, 0.15) is 0 Å². The number of carbonyl (C=O) groups excluding carboxylic acids is 2. The molecular weight excluding hydrogens is 302 g/mol. The molecule has 1 aliphatic rings. The predicted molar refractivity (Wildman–Crippen MR) is 83.5 cm³/mol. The molecule has 114 valence electrons. The third kappa shape index (κ3) is 3.28. The maximum atomic E-state index is 12.3. The van der Waals surface area contributed by atoms with Crippen LogP contribution in [0.2, 0.25) is 0 Å². The molecule has 1 N–H and O–H groups in total. The van der Waals surface area contributed by atoms with Crippen molar-refractivity contribution in [2.45, 2.75) is 24.5 Å². The van der Waals surface area contributed by atoms with Crippen LogP contribution in [0.25, 0.3) is 0 Å². The number of esters is 1. The molecule has 1 saturated heterocycles. The molecule has 7 heteroatoms. The fourth-order valence-corrected chi connectivity index (χ4v) is 3.10. The van der Waals surface area contributed by atoms with Crippen LogP contribution in [-0.2, 0) is 14.3 Å². The van der Waals surface area contributed by atoms with Gasteiger partial charge in [0.25, 0.3) is 5.91 Å².